The summed E-state index contributed by atoms with van der Waals surface area (Å²) in [7, 11) is -3.58. The molecule has 140 valence electrons. The third-order valence-corrected chi connectivity index (χ3v) is 6.32. The number of hydrogen-bond acceptors (Lipinski definition) is 6. The SMILES string of the molecule is C[C@@H](C(=O)Nc1ccc(Cl)cn1)N1CCN(S(=O)(=O)c2ccn[nH]2)CC1. The maximum absolute atomic E-state index is 12.5. The fraction of sp³-hybridized carbons (Fsp3) is 0.400. The van der Waals surface area contributed by atoms with Gasteiger partial charge in [-0.2, -0.15) is 9.40 Å². The average Bonchev–Trinajstić information content (AvgIpc) is 3.18. The number of H-pyrrole nitrogens is 1. The number of nitrogens with zero attached hydrogens (tertiary/aromatic N) is 4. The predicted octanol–water partition coefficient (Wildman–Crippen LogP) is 0.792. The summed E-state index contributed by atoms with van der Waals surface area (Å²) in [6.45, 7) is 3.30. The zero-order chi connectivity index (χ0) is 18.7. The number of rotatable bonds is 5. The summed E-state index contributed by atoms with van der Waals surface area (Å²) in [5.41, 5.74) is 0. The summed E-state index contributed by atoms with van der Waals surface area (Å²) in [6, 6.07) is 4.29. The van der Waals surface area contributed by atoms with Crippen molar-refractivity contribution in [2.75, 3.05) is 31.5 Å². The van der Waals surface area contributed by atoms with Gasteiger partial charge in [0.25, 0.3) is 10.0 Å². The first-order chi connectivity index (χ1) is 12.4. The molecule has 1 aliphatic rings. The number of carbonyl (C=O) groups excluding carboxylic acids is 1. The van der Waals surface area contributed by atoms with Crippen LogP contribution in [0.5, 0.6) is 0 Å². The van der Waals surface area contributed by atoms with E-state index in [9.17, 15) is 13.2 Å². The highest BCUT2D eigenvalue weighted by Crippen LogP contribution is 2.17. The maximum atomic E-state index is 12.5. The van der Waals surface area contributed by atoms with E-state index in [0.29, 0.717) is 37.0 Å². The van der Waals surface area contributed by atoms with Crippen LogP contribution in [0, 0.1) is 0 Å². The number of aromatic nitrogens is 3. The molecule has 0 spiro atoms. The Morgan fingerprint density at radius 3 is 2.58 bits per heavy atom. The van der Waals surface area contributed by atoms with Gasteiger partial charge in [0.1, 0.15) is 5.82 Å². The molecular weight excluding hydrogens is 380 g/mol. The van der Waals surface area contributed by atoms with Crippen LogP contribution < -0.4 is 5.32 Å². The van der Waals surface area contributed by atoms with Crippen LogP contribution in [-0.2, 0) is 14.8 Å². The molecule has 1 atom stereocenters. The van der Waals surface area contributed by atoms with Crippen molar-refractivity contribution in [3.8, 4) is 0 Å². The monoisotopic (exact) mass is 398 g/mol. The molecular formula is C15H19ClN6O3S. The molecule has 0 bridgehead atoms. The van der Waals surface area contributed by atoms with Crippen LogP contribution in [0.15, 0.2) is 35.6 Å². The standard InChI is InChI=1S/C15H19ClN6O3S/c1-11(15(23)19-13-3-2-12(16)10-17-13)21-6-8-22(9-7-21)26(24,25)14-4-5-18-20-14/h2-5,10-11H,6-9H2,1H3,(H,18,20)(H,17,19,23)/t11-/m0/s1. The molecule has 2 aromatic heterocycles. The summed E-state index contributed by atoms with van der Waals surface area (Å²) in [4.78, 5) is 18.4. The Kier molecular flexibility index (Phi) is 5.56. The van der Waals surface area contributed by atoms with Gasteiger partial charge in [-0.3, -0.25) is 14.8 Å². The number of sulfonamides is 1. The van der Waals surface area contributed by atoms with E-state index in [1.807, 2.05) is 4.90 Å². The van der Waals surface area contributed by atoms with Crippen molar-refractivity contribution in [3.05, 3.63) is 35.6 Å². The van der Waals surface area contributed by atoms with Gasteiger partial charge in [-0.05, 0) is 25.1 Å². The molecule has 3 rings (SSSR count). The summed E-state index contributed by atoms with van der Waals surface area (Å²) < 4.78 is 26.3. The first-order valence-electron chi connectivity index (χ1n) is 8.04. The highest BCUT2D eigenvalue weighted by atomic mass is 35.5. The van der Waals surface area contributed by atoms with Gasteiger partial charge in [0.15, 0.2) is 5.03 Å². The van der Waals surface area contributed by atoms with Gasteiger partial charge < -0.3 is 5.32 Å². The molecule has 2 aromatic rings. The topological polar surface area (TPSA) is 111 Å². The molecule has 26 heavy (non-hydrogen) atoms. The Balaban J connectivity index is 1.57. The summed E-state index contributed by atoms with van der Waals surface area (Å²) in [5, 5.41) is 9.47. The highest BCUT2D eigenvalue weighted by molar-refractivity contribution is 7.89. The van der Waals surface area contributed by atoms with E-state index in [0.717, 1.165) is 0 Å². The van der Waals surface area contributed by atoms with Crippen molar-refractivity contribution >= 4 is 33.3 Å². The Hall–Kier alpha value is -2.01. The van der Waals surface area contributed by atoms with E-state index in [1.165, 1.54) is 22.8 Å². The Morgan fingerprint density at radius 2 is 2.00 bits per heavy atom. The highest BCUT2D eigenvalue weighted by Gasteiger charge is 2.32. The smallest absolute Gasteiger partial charge is 0.260 e. The van der Waals surface area contributed by atoms with Crippen molar-refractivity contribution in [1.29, 1.82) is 0 Å². The number of pyridine rings is 1. The zero-order valence-electron chi connectivity index (χ0n) is 14.1. The first kappa shape index (κ1) is 18.8. The van der Waals surface area contributed by atoms with E-state index < -0.39 is 16.1 Å². The lowest BCUT2D eigenvalue weighted by Crippen LogP contribution is -2.54. The van der Waals surface area contributed by atoms with Gasteiger partial charge in [-0.15, -0.1) is 0 Å². The van der Waals surface area contributed by atoms with E-state index >= 15 is 0 Å². The Morgan fingerprint density at radius 1 is 1.27 bits per heavy atom. The largest absolute Gasteiger partial charge is 0.309 e. The van der Waals surface area contributed by atoms with Gasteiger partial charge in [0.05, 0.1) is 17.3 Å². The zero-order valence-corrected chi connectivity index (χ0v) is 15.7. The lowest BCUT2D eigenvalue weighted by molar-refractivity contribution is -0.121. The number of aromatic amines is 1. The van der Waals surface area contributed by atoms with Crippen LogP contribution in [0.2, 0.25) is 5.02 Å². The fourth-order valence-electron chi connectivity index (χ4n) is 2.70. The molecule has 1 fully saturated rings. The minimum atomic E-state index is -3.58. The number of carbonyl (C=O) groups is 1. The molecule has 3 heterocycles. The number of piperazine rings is 1. The molecule has 0 aliphatic carbocycles. The molecule has 9 nitrogen and oxygen atoms in total. The lowest BCUT2D eigenvalue weighted by atomic mass is 10.2. The van der Waals surface area contributed by atoms with E-state index in [1.54, 1.807) is 19.1 Å². The second-order valence-electron chi connectivity index (χ2n) is 5.89. The van der Waals surface area contributed by atoms with Crippen molar-refractivity contribution in [2.45, 2.75) is 18.0 Å². The van der Waals surface area contributed by atoms with Crippen molar-refractivity contribution < 1.29 is 13.2 Å². The van der Waals surface area contributed by atoms with Gasteiger partial charge in [-0.1, -0.05) is 11.6 Å². The number of hydrogen-bond donors (Lipinski definition) is 2. The lowest BCUT2D eigenvalue weighted by Gasteiger charge is -2.36. The predicted molar refractivity (Wildman–Crippen MR) is 96.3 cm³/mol. The van der Waals surface area contributed by atoms with Crippen molar-refractivity contribution in [1.82, 2.24) is 24.4 Å². The van der Waals surface area contributed by atoms with Crippen molar-refractivity contribution in [2.24, 2.45) is 0 Å². The molecule has 1 aliphatic heterocycles. The van der Waals surface area contributed by atoms with Crippen LogP contribution in [0.3, 0.4) is 0 Å². The second kappa shape index (κ2) is 7.70. The Labute approximate surface area is 156 Å². The average molecular weight is 399 g/mol. The molecule has 2 N–H and O–H groups in total. The molecule has 1 amide bonds. The number of amides is 1. The molecule has 0 saturated carbocycles. The third kappa shape index (κ3) is 4.04. The van der Waals surface area contributed by atoms with Crippen molar-refractivity contribution in [3.63, 3.8) is 0 Å². The van der Waals surface area contributed by atoms with Crippen LogP contribution in [0.1, 0.15) is 6.92 Å². The van der Waals surface area contributed by atoms with Gasteiger partial charge in [0.2, 0.25) is 5.91 Å². The quantitative estimate of drug-likeness (QED) is 0.770. The number of anilines is 1. The molecule has 0 radical (unpaired) electrons. The second-order valence-corrected chi connectivity index (χ2v) is 8.23. The van der Waals surface area contributed by atoms with Gasteiger partial charge in [0, 0.05) is 32.4 Å². The molecule has 0 unspecified atom stereocenters. The van der Waals surface area contributed by atoms with Crippen LogP contribution in [-0.4, -0.2) is 70.9 Å². The maximum Gasteiger partial charge on any atom is 0.260 e. The van der Waals surface area contributed by atoms with E-state index in [4.69, 9.17) is 11.6 Å². The normalized spacial score (nSPS) is 17.8. The van der Waals surface area contributed by atoms with Gasteiger partial charge in [-0.25, -0.2) is 13.4 Å². The fourth-order valence-corrected chi connectivity index (χ4v) is 4.14. The number of nitrogens with one attached hydrogen (secondary N) is 2. The third-order valence-electron chi connectivity index (χ3n) is 4.27. The Bertz CT molecular complexity index is 848. The van der Waals surface area contributed by atoms with Gasteiger partial charge >= 0.3 is 0 Å². The van der Waals surface area contributed by atoms with Crippen LogP contribution in [0.25, 0.3) is 0 Å². The van der Waals surface area contributed by atoms with Crippen LogP contribution in [0.4, 0.5) is 5.82 Å². The first-order valence-corrected chi connectivity index (χ1v) is 9.86. The molecule has 1 saturated heterocycles. The summed E-state index contributed by atoms with van der Waals surface area (Å²) in [5.74, 6) is 0.219. The molecule has 0 aromatic carbocycles. The summed E-state index contributed by atoms with van der Waals surface area (Å²) >= 11 is 5.78. The van der Waals surface area contributed by atoms with Crippen LogP contribution >= 0.6 is 11.6 Å². The minimum absolute atomic E-state index is 0.0746. The summed E-state index contributed by atoms with van der Waals surface area (Å²) in [6.07, 6.45) is 2.86. The molecule has 11 heteroatoms. The van der Waals surface area contributed by atoms with E-state index in [2.05, 4.69) is 20.5 Å². The minimum Gasteiger partial charge on any atom is -0.309 e. The van der Waals surface area contributed by atoms with E-state index in [-0.39, 0.29) is 10.9 Å². The number of halogens is 1.